The topological polar surface area (TPSA) is 26.0 Å². The number of nitrogens with two attached hydrogens (primary N) is 1. The van der Waals surface area contributed by atoms with Gasteiger partial charge in [0.2, 0.25) is 0 Å². The van der Waals surface area contributed by atoms with Crippen LogP contribution in [0, 0.1) is 5.41 Å². The van der Waals surface area contributed by atoms with Crippen LogP contribution in [0.15, 0.2) is 0 Å². The Bertz CT molecular complexity index is 133. The van der Waals surface area contributed by atoms with Crippen molar-refractivity contribution in [1.29, 1.82) is 0 Å². The van der Waals surface area contributed by atoms with Crippen molar-refractivity contribution in [3.63, 3.8) is 0 Å². The van der Waals surface area contributed by atoms with Crippen LogP contribution in [0.1, 0.15) is 33.6 Å². The van der Waals surface area contributed by atoms with Crippen LogP contribution in [0.2, 0.25) is 0 Å². The monoisotopic (exact) mass is 209 g/mol. The molecule has 2 N–H and O–H groups in total. The lowest BCUT2D eigenvalue weighted by atomic mass is 9.87. The molecule has 1 saturated heterocycles. The molecule has 0 aromatic heterocycles. The molecule has 3 heteroatoms. The quantitative estimate of drug-likeness (QED) is 0.664. The van der Waals surface area contributed by atoms with Crippen molar-refractivity contribution in [1.82, 2.24) is 0 Å². The number of halogens is 1. The van der Waals surface area contributed by atoms with Crippen molar-refractivity contribution >= 4 is 24.2 Å². The first-order chi connectivity index (χ1) is 5.00. The molecule has 0 aromatic rings. The van der Waals surface area contributed by atoms with Crippen LogP contribution in [0.5, 0.6) is 0 Å². The summed E-state index contributed by atoms with van der Waals surface area (Å²) in [7, 11) is 0. The number of thioether (sulfide) groups is 1. The highest BCUT2D eigenvalue weighted by Gasteiger charge is 2.29. The molecule has 0 aromatic carbocycles. The Hall–Kier alpha value is 0.600. The van der Waals surface area contributed by atoms with E-state index in [4.69, 9.17) is 5.73 Å². The van der Waals surface area contributed by atoms with E-state index in [1.165, 1.54) is 18.6 Å². The van der Waals surface area contributed by atoms with E-state index in [1.807, 2.05) is 0 Å². The van der Waals surface area contributed by atoms with Gasteiger partial charge in [-0.05, 0) is 24.0 Å². The van der Waals surface area contributed by atoms with Gasteiger partial charge in [0.05, 0.1) is 0 Å². The summed E-state index contributed by atoms with van der Waals surface area (Å²) in [5.41, 5.74) is 6.34. The molecule has 1 rings (SSSR count). The first-order valence-electron chi connectivity index (χ1n) is 4.37. The molecule has 0 aliphatic carbocycles. The largest absolute Gasteiger partial charge is 0.328 e. The standard InChI is InChI=1S/C9H19NS.ClH/c1-9(2,3)8-6-7(10)4-5-11-8;/h7-8H,4-6,10H2,1-3H3;1H. The molecule has 1 fully saturated rings. The number of hydrogen-bond acceptors (Lipinski definition) is 2. The lowest BCUT2D eigenvalue weighted by Gasteiger charge is -2.35. The third-order valence-electron chi connectivity index (χ3n) is 2.29. The summed E-state index contributed by atoms with van der Waals surface area (Å²) in [4.78, 5) is 0. The van der Waals surface area contributed by atoms with E-state index in [0.717, 1.165) is 5.25 Å². The van der Waals surface area contributed by atoms with Gasteiger partial charge in [-0.25, -0.2) is 0 Å². The van der Waals surface area contributed by atoms with Gasteiger partial charge in [0.25, 0.3) is 0 Å². The molecular weight excluding hydrogens is 190 g/mol. The fourth-order valence-corrected chi connectivity index (χ4v) is 3.03. The zero-order valence-corrected chi connectivity index (χ0v) is 9.80. The number of rotatable bonds is 0. The maximum atomic E-state index is 5.91. The van der Waals surface area contributed by atoms with Crippen LogP contribution >= 0.6 is 24.2 Å². The molecule has 1 nitrogen and oxygen atoms in total. The van der Waals surface area contributed by atoms with Gasteiger partial charge in [0.1, 0.15) is 0 Å². The summed E-state index contributed by atoms with van der Waals surface area (Å²) >= 11 is 2.09. The van der Waals surface area contributed by atoms with Crippen LogP contribution in [-0.2, 0) is 0 Å². The maximum Gasteiger partial charge on any atom is 0.0110 e. The zero-order chi connectivity index (χ0) is 8.48. The van der Waals surface area contributed by atoms with Crippen molar-refractivity contribution in [2.45, 2.75) is 44.9 Å². The number of hydrogen-bond donors (Lipinski definition) is 1. The van der Waals surface area contributed by atoms with Gasteiger partial charge in [-0.2, -0.15) is 11.8 Å². The molecule has 0 amide bonds. The van der Waals surface area contributed by atoms with Crippen LogP contribution in [0.3, 0.4) is 0 Å². The van der Waals surface area contributed by atoms with E-state index in [2.05, 4.69) is 32.5 Å². The normalized spacial score (nSPS) is 31.0. The van der Waals surface area contributed by atoms with E-state index >= 15 is 0 Å². The van der Waals surface area contributed by atoms with Gasteiger partial charge in [-0.3, -0.25) is 0 Å². The summed E-state index contributed by atoms with van der Waals surface area (Å²) in [5, 5.41) is 0.770. The first-order valence-corrected chi connectivity index (χ1v) is 5.42. The average Bonchev–Trinajstić information content (AvgIpc) is 1.86. The Balaban J connectivity index is 0.00000121. The Labute approximate surface area is 86.3 Å². The molecule has 0 radical (unpaired) electrons. The van der Waals surface area contributed by atoms with E-state index in [-0.39, 0.29) is 12.4 Å². The molecule has 1 heterocycles. The summed E-state index contributed by atoms with van der Waals surface area (Å²) in [6.45, 7) is 6.92. The molecule has 1 aliphatic rings. The molecule has 2 atom stereocenters. The van der Waals surface area contributed by atoms with E-state index in [9.17, 15) is 0 Å². The van der Waals surface area contributed by atoms with E-state index < -0.39 is 0 Å². The van der Waals surface area contributed by atoms with Crippen LogP contribution in [0.4, 0.5) is 0 Å². The van der Waals surface area contributed by atoms with Crippen molar-refractivity contribution in [3.8, 4) is 0 Å². The second kappa shape index (κ2) is 4.73. The molecule has 2 unspecified atom stereocenters. The Morgan fingerprint density at radius 3 is 2.25 bits per heavy atom. The first kappa shape index (κ1) is 12.6. The van der Waals surface area contributed by atoms with Gasteiger partial charge < -0.3 is 5.73 Å². The summed E-state index contributed by atoms with van der Waals surface area (Å²) in [6.07, 6.45) is 2.41. The second-order valence-corrected chi connectivity index (χ2v) is 5.82. The predicted molar refractivity (Wildman–Crippen MR) is 60.2 cm³/mol. The molecule has 74 valence electrons. The molecule has 0 bridgehead atoms. The van der Waals surface area contributed by atoms with Gasteiger partial charge in [-0.1, -0.05) is 20.8 Å². The summed E-state index contributed by atoms with van der Waals surface area (Å²) in [6, 6.07) is 0.459. The third kappa shape index (κ3) is 3.55. The molecule has 12 heavy (non-hydrogen) atoms. The van der Waals surface area contributed by atoms with Crippen molar-refractivity contribution in [2.75, 3.05) is 5.75 Å². The molecule has 0 saturated carbocycles. The van der Waals surface area contributed by atoms with Crippen molar-refractivity contribution in [3.05, 3.63) is 0 Å². The average molecular weight is 210 g/mol. The van der Waals surface area contributed by atoms with Gasteiger partial charge in [-0.15, -0.1) is 12.4 Å². The molecule has 0 spiro atoms. The second-order valence-electron chi connectivity index (χ2n) is 4.51. The van der Waals surface area contributed by atoms with E-state index in [1.54, 1.807) is 0 Å². The Kier molecular flexibility index (Phi) is 4.97. The zero-order valence-electron chi connectivity index (χ0n) is 8.17. The lowest BCUT2D eigenvalue weighted by molar-refractivity contribution is 0.353. The smallest absolute Gasteiger partial charge is 0.0110 e. The van der Waals surface area contributed by atoms with Crippen LogP contribution in [0.25, 0.3) is 0 Å². The Morgan fingerprint density at radius 1 is 1.33 bits per heavy atom. The lowest BCUT2D eigenvalue weighted by Crippen LogP contribution is -2.36. The van der Waals surface area contributed by atoms with Gasteiger partial charge in [0.15, 0.2) is 0 Å². The predicted octanol–water partition coefficient (Wildman–Crippen LogP) is 2.68. The highest BCUT2D eigenvalue weighted by molar-refractivity contribution is 8.00. The highest BCUT2D eigenvalue weighted by Crippen LogP contribution is 2.37. The van der Waals surface area contributed by atoms with Gasteiger partial charge >= 0.3 is 0 Å². The third-order valence-corrected chi connectivity index (χ3v) is 4.06. The minimum absolute atomic E-state index is 0. The Morgan fingerprint density at radius 2 is 1.92 bits per heavy atom. The molecular formula is C9H20ClNS. The summed E-state index contributed by atoms with van der Waals surface area (Å²) in [5.74, 6) is 1.25. The fourth-order valence-electron chi connectivity index (χ4n) is 1.43. The van der Waals surface area contributed by atoms with E-state index in [0.29, 0.717) is 11.5 Å². The summed E-state index contributed by atoms with van der Waals surface area (Å²) < 4.78 is 0. The van der Waals surface area contributed by atoms with Crippen molar-refractivity contribution in [2.24, 2.45) is 11.1 Å². The van der Waals surface area contributed by atoms with Gasteiger partial charge in [0, 0.05) is 11.3 Å². The highest BCUT2D eigenvalue weighted by atomic mass is 35.5. The fraction of sp³-hybridized carbons (Fsp3) is 1.00. The van der Waals surface area contributed by atoms with Crippen LogP contribution in [-0.4, -0.2) is 17.0 Å². The molecule has 1 aliphatic heterocycles. The minimum atomic E-state index is 0. The van der Waals surface area contributed by atoms with Crippen molar-refractivity contribution < 1.29 is 0 Å². The minimum Gasteiger partial charge on any atom is -0.328 e. The maximum absolute atomic E-state index is 5.91. The SMILES string of the molecule is CC(C)(C)C1CC(N)CCS1.Cl. The van der Waals surface area contributed by atoms with Crippen LogP contribution < -0.4 is 5.73 Å².